The number of nitro benzene ring substituents is 1. The molecule has 1 aliphatic rings. The Labute approximate surface area is 171 Å². The van der Waals surface area contributed by atoms with E-state index >= 15 is 0 Å². The Kier molecular flexibility index (Phi) is 4.93. The molecule has 1 unspecified atom stereocenters. The molecule has 4 rings (SSSR count). The normalized spacial score (nSPS) is 15.0. The van der Waals surface area contributed by atoms with Gasteiger partial charge >= 0.3 is 0 Å². The number of nitrogens with zero attached hydrogens (tertiary/aromatic N) is 1. The van der Waals surface area contributed by atoms with Crippen LogP contribution in [0.3, 0.4) is 0 Å². The number of hydrogen-bond acceptors (Lipinski definition) is 6. The van der Waals surface area contributed by atoms with Gasteiger partial charge in [0, 0.05) is 17.2 Å². The number of nitro groups is 1. The molecule has 7 nitrogen and oxygen atoms in total. The molecule has 0 saturated heterocycles. The Balaban J connectivity index is 1.53. The summed E-state index contributed by atoms with van der Waals surface area (Å²) in [6.45, 7) is 0.354. The number of carbonyl (C=O) groups excluding carboxylic acids is 3. The van der Waals surface area contributed by atoms with Crippen molar-refractivity contribution < 1.29 is 24.0 Å². The maximum atomic E-state index is 12.9. The summed E-state index contributed by atoms with van der Waals surface area (Å²) in [5.74, 6) is -3.31. The van der Waals surface area contributed by atoms with Crippen molar-refractivity contribution in [3.05, 3.63) is 105 Å². The molecule has 0 N–H and O–H groups in total. The standard InChI is InChI=1S/C23H15NO6/c25-21(15-9-11-16(12-10-15)30-13-14-5-2-1-3-6-14)20-22(26)17-7-4-8-18(24(28)29)19(17)23(20)27/h1-12,20H,13H2. The highest BCUT2D eigenvalue weighted by atomic mass is 16.6. The van der Waals surface area contributed by atoms with Crippen molar-refractivity contribution >= 4 is 23.0 Å². The maximum Gasteiger partial charge on any atom is 0.280 e. The monoisotopic (exact) mass is 401 g/mol. The lowest BCUT2D eigenvalue weighted by Gasteiger charge is -2.09. The molecule has 0 spiro atoms. The Morgan fingerprint density at radius 1 is 0.900 bits per heavy atom. The van der Waals surface area contributed by atoms with E-state index in [1.54, 1.807) is 12.1 Å². The molecule has 0 aliphatic heterocycles. The van der Waals surface area contributed by atoms with Crippen LogP contribution < -0.4 is 4.74 Å². The van der Waals surface area contributed by atoms with E-state index in [9.17, 15) is 24.5 Å². The summed E-state index contributed by atoms with van der Waals surface area (Å²) in [6.07, 6.45) is 0. The van der Waals surface area contributed by atoms with E-state index in [0.717, 1.165) is 11.6 Å². The fourth-order valence-corrected chi connectivity index (χ4v) is 3.44. The van der Waals surface area contributed by atoms with Gasteiger partial charge in [-0.25, -0.2) is 0 Å². The molecule has 0 amide bonds. The number of ketones is 3. The Morgan fingerprint density at radius 3 is 2.27 bits per heavy atom. The molecule has 7 heteroatoms. The van der Waals surface area contributed by atoms with Crippen LogP contribution in [-0.2, 0) is 6.61 Å². The third kappa shape index (κ3) is 3.37. The van der Waals surface area contributed by atoms with Gasteiger partial charge in [-0.2, -0.15) is 0 Å². The van der Waals surface area contributed by atoms with Gasteiger partial charge < -0.3 is 4.74 Å². The molecule has 30 heavy (non-hydrogen) atoms. The van der Waals surface area contributed by atoms with Crippen LogP contribution in [0.15, 0.2) is 72.8 Å². The van der Waals surface area contributed by atoms with Crippen LogP contribution in [0.4, 0.5) is 5.69 Å². The minimum atomic E-state index is -1.60. The molecule has 0 heterocycles. The second-order valence-electron chi connectivity index (χ2n) is 6.78. The molecule has 0 saturated carbocycles. The van der Waals surface area contributed by atoms with Crippen LogP contribution in [-0.4, -0.2) is 22.3 Å². The lowest BCUT2D eigenvalue weighted by atomic mass is 9.93. The highest BCUT2D eigenvalue weighted by Gasteiger charge is 2.47. The van der Waals surface area contributed by atoms with Gasteiger partial charge in [-0.15, -0.1) is 0 Å². The first kappa shape index (κ1) is 19.2. The second-order valence-corrected chi connectivity index (χ2v) is 6.78. The number of fused-ring (bicyclic) bond motifs is 1. The van der Waals surface area contributed by atoms with Crippen LogP contribution in [0.5, 0.6) is 5.75 Å². The smallest absolute Gasteiger partial charge is 0.280 e. The quantitative estimate of drug-likeness (QED) is 0.267. The van der Waals surface area contributed by atoms with E-state index in [0.29, 0.717) is 12.4 Å². The highest BCUT2D eigenvalue weighted by Crippen LogP contribution is 2.35. The second kappa shape index (κ2) is 7.71. The average molecular weight is 401 g/mol. The third-order valence-electron chi connectivity index (χ3n) is 4.92. The first-order chi connectivity index (χ1) is 14.5. The Bertz CT molecular complexity index is 1170. The molecular weight excluding hydrogens is 386 g/mol. The molecule has 0 fully saturated rings. The lowest BCUT2D eigenvalue weighted by Crippen LogP contribution is -2.25. The van der Waals surface area contributed by atoms with Crippen molar-refractivity contribution in [1.82, 2.24) is 0 Å². The van der Waals surface area contributed by atoms with Crippen LogP contribution >= 0.6 is 0 Å². The minimum absolute atomic E-state index is 0.0876. The summed E-state index contributed by atoms with van der Waals surface area (Å²) in [5, 5.41) is 11.2. The van der Waals surface area contributed by atoms with Crippen molar-refractivity contribution in [1.29, 1.82) is 0 Å². The van der Waals surface area contributed by atoms with E-state index in [1.807, 2.05) is 30.3 Å². The third-order valence-corrected chi connectivity index (χ3v) is 4.92. The van der Waals surface area contributed by atoms with Gasteiger partial charge in [-0.1, -0.05) is 42.5 Å². The van der Waals surface area contributed by atoms with E-state index in [1.165, 1.54) is 24.3 Å². The number of benzene rings is 3. The molecule has 3 aromatic carbocycles. The largest absolute Gasteiger partial charge is 0.489 e. The summed E-state index contributed by atoms with van der Waals surface area (Å²) >= 11 is 0. The van der Waals surface area contributed by atoms with E-state index < -0.39 is 33.9 Å². The van der Waals surface area contributed by atoms with Gasteiger partial charge in [-0.3, -0.25) is 24.5 Å². The van der Waals surface area contributed by atoms with Gasteiger partial charge in [-0.05, 0) is 29.8 Å². The fraction of sp³-hybridized carbons (Fsp3) is 0.0870. The van der Waals surface area contributed by atoms with E-state index in [4.69, 9.17) is 4.74 Å². The van der Waals surface area contributed by atoms with Gasteiger partial charge in [0.1, 0.15) is 23.8 Å². The van der Waals surface area contributed by atoms with Crippen molar-refractivity contribution in [3.8, 4) is 5.75 Å². The number of Topliss-reactive ketones (excluding diaryl/α,β-unsaturated/α-hetero) is 3. The number of ether oxygens (including phenoxy) is 1. The average Bonchev–Trinajstić information content (AvgIpc) is 3.03. The number of carbonyl (C=O) groups is 3. The molecule has 1 aliphatic carbocycles. The topological polar surface area (TPSA) is 104 Å². The summed E-state index contributed by atoms with van der Waals surface area (Å²) in [4.78, 5) is 48.7. The predicted octanol–water partition coefficient (Wildman–Crippen LogP) is 4.05. The maximum absolute atomic E-state index is 12.9. The zero-order valence-electron chi connectivity index (χ0n) is 15.6. The van der Waals surface area contributed by atoms with Crippen LogP contribution in [0.25, 0.3) is 0 Å². The highest BCUT2D eigenvalue weighted by molar-refractivity contribution is 6.38. The van der Waals surface area contributed by atoms with Crippen molar-refractivity contribution in [3.63, 3.8) is 0 Å². The fourth-order valence-electron chi connectivity index (χ4n) is 3.44. The Hall–Kier alpha value is -4.13. The molecule has 148 valence electrons. The molecule has 1 atom stereocenters. The summed E-state index contributed by atoms with van der Waals surface area (Å²) in [5.41, 5.74) is 0.290. The zero-order valence-corrected chi connectivity index (χ0v) is 15.6. The van der Waals surface area contributed by atoms with Crippen molar-refractivity contribution in [2.75, 3.05) is 0 Å². The first-order valence-electron chi connectivity index (χ1n) is 9.14. The molecule has 0 bridgehead atoms. The molecular formula is C23H15NO6. The molecule has 0 radical (unpaired) electrons. The van der Waals surface area contributed by atoms with Gasteiger partial charge in [0.05, 0.1) is 4.92 Å². The summed E-state index contributed by atoms with van der Waals surface area (Å²) in [6, 6.07) is 19.5. The summed E-state index contributed by atoms with van der Waals surface area (Å²) < 4.78 is 5.67. The van der Waals surface area contributed by atoms with E-state index in [2.05, 4.69) is 0 Å². The van der Waals surface area contributed by atoms with Gasteiger partial charge in [0.15, 0.2) is 17.3 Å². The zero-order chi connectivity index (χ0) is 21.3. The summed E-state index contributed by atoms with van der Waals surface area (Å²) in [7, 11) is 0. The molecule has 0 aromatic heterocycles. The first-order valence-corrected chi connectivity index (χ1v) is 9.14. The predicted molar refractivity (Wildman–Crippen MR) is 107 cm³/mol. The van der Waals surface area contributed by atoms with Crippen molar-refractivity contribution in [2.24, 2.45) is 5.92 Å². The van der Waals surface area contributed by atoms with E-state index in [-0.39, 0.29) is 16.7 Å². The van der Waals surface area contributed by atoms with Crippen molar-refractivity contribution in [2.45, 2.75) is 6.61 Å². The van der Waals surface area contributed by atoms with Crippen LogP contribution in [0.2, 0.25) is 0 Å². The molecule has 3 aromatic rings. The SMILES string of the molecule is O=C(c1ccc(OCc2ccccc2)cc1)C1C(=O)c2cccc([N+](=O)[O-])c2C1=O. The van der Waals surface area contributed by atoms with Gasteiger partial charge in [0.25, 0.3) is 5.69 Å². The van der Waals surface area contributed by atoms with Gasteiger partial charge in [0.2, 0.25) is 0 Å². The number of hydrogen-bond donors (Lipinski definition) is 0. The Morgan fingerprint density at radius 2 is 1.60 bits per heavy atom. The number of rotatable bonds is 6. The van der Waals surface area contributed by atoms with Crippen LogP contribution in [0.1, 0.15) is 36.6 Å². The minimum Gasteiger partial charge on any atom is -0.489 e. The van der Waals surface area contributed by atoms with Crippen LogP contribution in [0, 0.1) is 16.0 Å². The lowest BCUT2D eigenvalue weighted by molar-refractivity contribution is -0.385.